The lowest BCUT2D eigenvalue weighted by molar-refractivity contribution is 0.365. The molecule has 0 amide bonds. The second kappa shape index (κ2) is 9.28. The average Bonchev–Trinajstić information content (AvgIpc) is 2.50. The highest BCUT2D eigenvalue weighted by molar-refractivity contribution is 5.87. The van der Waals surface area contributed by atoms with Crippen LogP contribution in [0.15, 0.2) is 36.4 Å². The van der Waals surface area contributed by atoms with Gasteiger partial charge in [0, 0.05) is 12.1 Å². The van der Waals surface area contributed by atoms with Crippen molar-refractivity contribution < 1.29 is 4.74 Å². The highest BCUT2D eigenvalue weighted by Crippen LogP contribution is 2.28. The third kappa shape index (κ3) is 4.67. The topological polar surface area (TPSA) is 21.3 Å². The summed E-state index contributed by atoms with van der Waals surface area (Å²) < 4.78 is 5.68. The molecular weight excluding hydrogens is 282 g/mol. The minimum Gasteiger partial charge on any atom is -0.481 e. The number of unbranched alkanes of at least 4 members (excludes halogenated alkanes) is 1. The summed E-state index contributed by atoms with van der Waals surface area (Å²) in [7, 11) is 0. The fourth-order valence-electron chi connectivity index (χ4n) is 2.27. The number of hydrogen-bond acceptors (Lipinski definition) is 2. The Morgan fingerprint density at radius 3 is 2.76 bits per heavy atom. The monoisotopic (exact) mass is 303 g/mol. The molecule has 0 spiro atoms. The van der Waals surface area contributed by atoms with E-state index in [1.807, 2.05) is 6.07 Å². The molecule has 0 saturated heterocycles. The van der Waals surface area contributed by atoms with Crippen molar-refractivity contribution in [3.8, 4) is 18.1 Å². The van der Waals surface area contributed by atoms with Gasteiger partial charge in [0.25, 0.3) is 0 Å². The number of fused-ring (bicyclic) bond motifs is 1. The Kier molecular flexibility index (Phi) is 7.68. The zero-order chi connectivity index (χ0) is 14.2. The number of halogens is 1. The molecule has 0 aliphatic rings. The zero-order valence-electron chi connectivity index (χ0n) is 12.4. The Bertz CT molecular complexity index is 604. The lowest BCUT2D eigenvalue weighted by Crippen LogP contribution is -2.15. The first-order chi connectivity index (χ1) is 9.86. The van der Waals surface area contributed by atoms with Crippen molar-refractivity contribution in [3.63, 3.8) is 0 Å². The van der Waals surface area contributed by atoms with Gasteiger partial charge < -0.3 is 10.1 Å². The molecule has 0 atom stereocenters. The molecule has 0 aromatic heterocycles. The molecular formula is C18H22ClNO. The summed E-state index contributed by atoms with van der Waals surface area (Å²) in [5, 5.41) is 5.94. The Balaban J connectivity index is 0.00000220. The van der Waals surface area contributed by atoms with Gasteiger partial charge in [0.1, 0.15) is 12.4 Å². The number of terminal acetylenes is 1. The molecule has 0 aliphatic heterocycles. The van der Waals surface area contributed by atoms with E-state index in [4.69, 9.17) is 11.2 Å². The van der Waals surface area contributed by atoms with E-state index in [0.29, 0.717) is 6.61 Å². The van der Waals surface area contributed by atoms with Gasteiger partial charge in [-0.15, -0.1) is 18.8 Å². The van der Waals surface area contributed by atoms with Crippen LogP contribution in [0.2, 0.25) is 0 Å². The van der Waals surface area contributed by atoms with Crippen molar-refractivity contribution >= 4 is 23.2 Å². The predicted octanol–water partition coefficient (Wildman–Crippen LogP) is 4.16. The highest BCUT2D eigenvalue weighted by atomic mass is 35.5. The van der Waals surface area contributed by atoms with Crippen molar-refractivity contribution in [3.05, 3.63) is 42.0 Å². The van der Waals surface area contributed by atoms with Crippen LogP contribution in [0.25, 0.3) is 10.8 Å². The number of benzene rings is 2. The first kappa shape index (κ1) is 17.4. The van der Waals surface area contributed by atoms with Crippen molar-refractivity contribution in [2.45, 2.75) is 26.3 Å². The molecule has 0 heterocycles. The van der Waals surface area contributed by atoms with Crippen molar-refractivity contribution in [1.82, 2.24) is 5.32 Å². The molecule has 2 aromatic carbocycles. The predicted molar refractivity (Wildman–Crippen MR) is 92.1 cm³/mol. The van der Waals surface area contributed by atoms with E-state index in [2.05, 4.69) is 48.5 Å². The Labute approximate surface area is 133 Å². The molecule has 21 heavy (non-hydrogen) atoms. The van der Waals surface area contributed by atoms with Gasteiger partial charge in [-0.1, -0.05) is 49.6 Å². The Morgan fingerprint density at radius 1 is 1.19 bits per heavy atom. The third-order valence-electron chi connectivity index (χ3n) is 3.32. The molecule has 0 unspecified atom stereocenters. The Hall–Kier alpha value is -1.69. The SMILES string of the molecule is C#CCOc1ccc2ccccc2c1CNCCCC.Cl. The van der Waals surface area contributed by atoms with Gasteiger partial charge in [-0.2, -0.15) is 0 Å². The molecule has 2 aromatic rings. The number of ether oxygens (including phenoxy) is 1. The molecule has 0 aliphatic carbocycles. The van der Waals surface area contributed by atoms with Crippen LogP contribution in [-0.2, 0) is 6.54 Å². The van der Waals surface area contributed by atoms with Gasteiger partial charge in [0.05, 0.1) is 0 Å². The minimum atomic E-state index is 0. The largest absolute Gasteiger partial charge is 0.481 e. The molecule has 1 N–H and O–H groups in total. The summed E-state index contributed by atoms with van der Waals surface area (Å²) in [5.74, 6) is 3.41. The van der Waals surface area contributed by atoms with Crippen LogP contribution in [0.5, 0.6) is 5.75 Å². The second-order valence-electron chi connectivity index (χ2n) is 4.79. The van der Waals surface area contributed by atoms with Crippen LogP contribution < -0.4 is 10.1 Å². The van der Waals surface area contributed by atoms with Gasteiger partial charge in [-0.05, 0) is 29.8 Å². The van der Waals surface area contributed by atoms with E-state index in [9.17, 15) is 0 Å². The first-order valence-electron chi connectivity index (χ1n) is 7.14. The molecule has 0 bridgehead atoms. The van der Waals surface area contributed by atoms with Crippen LogP contribution in [0.3, 0.4) is 0 Å². The molecule has 0 saturated carbocycles. The quantitative estimate of drug-likeness (QED) is 0.612. The number of rotatable bonds is 7. The van der Waals surface area contributed by atoms with Crippen molar-refractivity contribution in [2.24, 2.45) is 0 Å². The molecule has 0 fully saturated rings. The van der Waals surface area contributed by atoms with Crippen molar-refractivity contribution in [2.75, 3.05) is 13.2 Å². The van der Waals surface area contributed by atoms with E-state index in [1.165, 1.54) is 29.2 Å². The van der Waals surface area contributed by atoms with Crippen LogP contribution in [0, 0.1) is 12.3 Å². The van der Waals surface area contributed by atoms with E-state index < -0.39 is 0 Å². The minimum absolute atomic E-state index is 0. The summed E-state index contributed by atoms with van der Waals surface area (Å²) in [4.78, 5) is 0. The van der Waals surface area contributed by atoms with Gasteiger partial charge in [-0.25, -0.2) is 0 Å². The van der Waals surface area contributed by atoms with Gasteiger partial charge in [0.15, 0.2) is 0 Å². The van der Waals surface area contributed by atoms with E-state index in [0.717, 1.165) is 18.8 Å². The zero-order valence-corrected chi connectivity index (χ0v) is 13.2. The fraction of sp³-hybridized carbons (Fsp3) is 0.333. The van der Waals surface area contributed by atoms with Gasteiger partial charge >= 0.3 is 0 Å². The molecule has 3 heteroatoms. The third-order valence-corrected chi connectivity index (χ3v) is 3.32. The van der Waals surface area contributed by atoms with Crippen LogP contribution in [-0.4, -0.2) is 13.2 Å². The fourth-order valence-corrected chi connectivity index (χ4v) is 2.27. The molecule has 2 rings (SSSR count). The maximum absolute atomic E-state index is 5.68. The van der Waals surface area contributed by atoms with Crippen LogP contribution in [0.1, 0.15) is 25.3 Å². The molecule has 0 radical (unpaired) electrons. The molecule has 112 valence electrons. The Morgan fingerprint density at radius 2 is 2.00 bits per heavy atom. The van der Waals surface area contributed by atoms with Gasteiger partial charge in [0.2, 0.25) is 0 Å². The standard InChI is InChI=1S/C18H21NO.ClH/c1-3-5-12-19-14-17-16-9-7-6-8-15(16)10-11-18(17)20-13-4-2;/h2,6-11,19H,3,5,12-14H2,1H3;1H. The summed E-state index contributed by atoms with van der Waals surface area (Å²) in [6.45, 7) is 4.33. The number of nitrogens with one attached hydrogen (secondary N) is 1. The second-order valence-corrected chi connectivity index (χ2v) is 4.79. The first-order valence-corrected chi connectivity index (χ1v) is 7.14. The summed E-state index contributed by atoms with van der Waals surface area (Å²) in [5.41, 5.74) is 1.19. The normalized spacial score (nSPS) is 9.90. The van der Waals surface area contributed by atoms with Gasteiger partial charge in [-0.3, -0.25) is 0 Å². The molecule has 2 nitrogen and oxygen atoms in total. The van der Waals surface area contributed by atoms with Crippen LogP contribution in [0.4, 0.5) is 0 Å². The van der Waals surface area contributed by atoms with E-state index in [1.54, 1.807) is 0 Å². The maximum atomic E-state index is 5.68. The summed E-state index contributed by atoms with van der Waals surface area (Å²) in [6, 6.07) is 12.5. The van der Waals surface area contributed by atoms with Crippen LogP contribution >= 0.6 is 12.4 Å². The highest BCUT2D eigenvalue weighted by Gasteiger charge is 2.08. The summed E-state index contributed by atoms with van der Waals surface area (Å²) >= 11 is 0. The lowest BCUT2D eigenvalue weighted by Gasteiger charge is -2.14. The number of hydrogen-bond donors (Lipinski definition) is 1. The average molecular weight is 304 g/mol. The van der Waals surface area contributed by atoms with E-state index >= 15 is 0 Å². The maximum Gasteiger partial charge on any atom is 0.148 e. The van der Waals surface area contributed by atoms with Crippen molar-refractivity contribution in [1.29, 1.82) is 0 Å². The summed E-state index contributed by atoms with van der Waals surface area (Å²) in [6.07, 6.45) is 7.67. The smallest absolute Gasteiger partial charge is 0.148 e. The lowest BCUT2D eigenvalue weighted by atomic mass is 10.0. The van der Waals surface area contributed by atoms with E-state index in [-0.39, 0.29) is 12.4 Å².